The molecule has 0 saturated heterocycles. The summed E-state index contributed by atoms with van der Waals surface area (Å²) in [4.78, 5) is 22.1. The molecular formula is C16H14N2O3. The van der Waals surface area contributed by atoms with Crippen molar-refractivity contribution < 1.29 is 9.72 Å². The number of rotatable bonds is 5. The quantitative estimate of drug-likeness (QED) is 0.520. The minimum atomic E-state index is -0.471. The Labute approximate surface area is 122 Å². The summed E-state index contributed by atoms with van der Waals surface area (Å²) in [6.07, 6.45) is 2.74. The van der Waals surface area contributed by atoms with Gasteiger partial charge in [-0.15, -0.1) is 0 Å². The molecule has 2 aromatic carbocycles. The molecule has 0 bridgehead atoms. The predicted molar refractivity (Wildman–Crippen MR) is 80.4 cm³/mol. The molecule has 0 aliphatic rings. The van der Waals surface area contributed by atoms with Gasteiger partial charge in [0, 0.05) is 18.7 Å². The Morgan fingerprint density at radius 3 is 2.48 bits per heavy atom. The summed E-state index contributed by atoms with van der Waals surface area (Å²) < 4.78 is 0. The van der Waals surface area contributed by atoms with Gasteiger partial charge in [0.05, 0.1) is 10.5 Å². The highest BCUT2D eigenvalue weighted by atomic mass is 16.6. The van der Waals surface area contributed by atoms with Crippen LogP contribution in [-0.2, 0) is 11.3 Å². The van der Waals surface area contributed by atoms with Crippen LogP contribution in [0.3, 0.4) is 0 Å². The standard InChI is InChI=1S/C16H14N2O3/c19-16(17-12-13-6-2-1-3-7-13)11-10-14-8-4-5-9-15(14)18(20)21/h1-11H,12H2,(H,17,19)/b11-10+. The number of carbonyl (C=O) groups excluding carboxylic acids is 1. The fourth-order valence-electron chi connectivity index (χ4n) is 1.80. The molecule has 0 atom stereocenters. The fraction of sp³-hybridized carbons (Fsp3) is 0.0625. The summed E-state index contributed by atoms with van der Waals surface area (Å²) >= 11 is 0. The maximum Gasteiger partial charge on any atom is 0.276 e. The molecule has 5 nitrogen and oxygen atoms in total. The van der Waals surface area contributed by atoms with Crippen LogP contribution in [0.25, 0.3) is 6.08 Å². The van der Waals surface area contributed by atoms with Crippen LogP contribution in [0, 0.1) is 10.1 Å². The van der Waals surface area contributed by atoms with E-state index in [0.717, 1.165) is 5.56 Å². The zero-order valence-corrected chi connectivity index (χ0v) is 11.2. The Hall–Kier alpha value is -2.95. The summed E-state index contributed by atoms with van der Waals surface area (Å²) in [5.41, 5.74) is 1.37. The van der Waals surface area contributed by atoms with Crippen LogP contribution in [0.4, 0.5) is 5.69 Å². The second-order valence-corrected chi connectivity index (χ2v) is 4.35. The van der Waals surface area contributed by atoms with E-state index in [0.29, 0.717) is 12.1 Å². The third kappa shape index (κ3) is 4.28. The number of nitro benzene ring substituents is 1. The molecule has 2 aromatic rings. The lowest BCUT2D eigenvalue weighted by molar-refractivity contribution is -0.385. The number of hydrogen-bond acceptors (Lipinski definition) is 3. The minimum absolute atomic E-state index is 0.0235. The van der Waals surface area contributed by atoms with E-state index in [-0.39, 0.29) is 11.6 Å². The molecule has 0 unspecified atom stereocenters. The fourth-order valence-corrected chi connectivity index (χ4v) is 1.80. The van der Waals surface area contributed by atoms with Crippen molar-refractivity contribution in [3.05, 3.63) is 81.9 Å². The van der Waals surface area contributed by atoms with Crippen molar-refractivity contribution >= 4 is 17.7 Å². The molecule has 0 aliphatic carbocycles. The number of carbonyl (C=O) groups is 1. The Bertz CT molecular complexity index is 666. The number of nitrogens with zero attached hydrogens (tertiary/aromatic N) is 1. The van der Waals surface area contributed by atoms with E-state index >= 15 is 0 Å². The highest BCUT2D eigenvalue weighted by Gasteiger charge is 2.09. The van der Waals surface area contributed by atoms with E-state index in [1.165, 1.54) is 18.2 Å². The molecule has 2 rings (SSSR count). The highest BCUT2D eigenvalue weighted by Crippen LogP contribution is 2.18. The summed E-state index contributed by atoms with van der Waals surface area (Å²) in [6.45, 7) is 0.418. The largest absolute Gasteiger partial charge is 0.348 e. The first-order valence-corrected chi connectivity index (χ1v) is 6.40. The first-order valence-electron chi connectivity index (χ1n) is 6.40. The van der Waals surface area contributed by atoms with Gasteiger partial charge in [-0.2, -0.15) is 0 Å². The van der Waals surface area contributed by atoms with Crippen molar-refractivity contribution in [2.45, 2.75) is 6.54 Å². The highest BCUT2D eigenvalue weighted by molar-refractivity contribution is 5.92. The van der Waals surface area contributed by atoms with E-state index in [1.54, 1.807) is 18.2 Å². The Kier molecular flexibility index (Phi) is 4.82. The van der Waals surface area contributed by atoms with Crippen LogP contribution in [0.5, 0.6) is 0 Å². The first-order chi connectivity index (χ1) is 10.2. The number of amides is 1. The molecule has 0 saturated carbocycles. The smallest absolute Gasteiger partial charge is 0.276 e. The second-order valence-electron chi connectivity index (χ2n) is 4.35. The van der Waals surface area contributed by atoms with Crippen LogP contribution >= 0.6 is 0 Å². The Morgan fingerprint density at radius 1 is 1.10 bits per heavy atom. The average molecular weight is 282 g/mol. The SMILES string of the molecule is O=C(/C=C/c1ccccc1[N+](=O)[O-])NCc1ccccc1. The van der Waals surface area contributed by atoms with E-state index in [4.69, 9.17) is 0 Å². The summed E-state index contributed by atoms with van der Waals surface area (Å²) in [6, 6.07) is 15.8. The van der Waals surface area contributed by atoms with Crippen molar-refractivity contribution in [3.8, 4) is 0 Å². The van der Waals surface area contributed by atoms with Crippen LogP contribution in [0.2, 0.25) is 0 Å². The van der Waals surface area contributed by atoms with Crippen molar-refractivity contribution in [1.29, 1.82) is 0 Å². The third-order valence-corrected chi connectivity index (χ3v) is 2.86. The van der Waals surface area contributed by atoms with Crippen LogP contribution in [-0.4, -0.2) is 10.8 Å². The van der Waals surface area contributed by atoms with Crippen LogP contribution < -0.4 is 5.32 Å². The summed E-state index contributed by atoms with van der Waals surface area (Å²) in [5.74, 6) is -0.294. The molecule has 0 aromatic heterocycles. The molecule has 0 fully saturated rings. The third-order valence-electron chi connectivity index (χ3n) is 2.86. The number of para-hydroxylation sites is 1. The summed E-state index contributed by atoms with van der Waals surface area (Å²) in [7, 11) is 0. The lowest BCUT2D eigenvalue weighted by Crippen LogP contribution is -2.20. The van der Waals surface area contributed by atoms with Crippen LogP contribution in [0.1, 0.15) is 11.1 Å². The molecule has 0 radical (unpaired) electrons. The molecular weight excluding hydrogens is 268 g/mol. The van der Waals surface area contributed by atoms with Crippen molar-refractivity contribution in [1.82, 2.24) is 5.32 Å². The lowest BCUT2D eigenvalue weighted by Gasteiger charge is -2.02. The molecule has 1 amide bonds. The molecule has 5 heteroatoms. The predicted octanol–water partition coefficient (Wildman–Crippen LogP) is 2.92. The van der Waals surface area contributed by atoms with Gasteiger partial charge >= 0.3 is 0 Å². The van der Waals surface area contributed by atoms with Gasteiger partial charge in [0.25, 0.3) is 5.69 Å². The number of nitrogens with one attached hydrogen (secondary N) is 1. The number of hydrogen-bond donors (Lipinski definition) is 1. The van der Waals surface area contributed by atoms with Crippen molar-refractivity contribution in [3.63, 3.8) is 0 Å². The topological polar surface area (TPSA) is 72.2 Å². The zero-order valence-electron chi connectivity index (χ0n) is 11.2. The maximum atomic E-state index is 11.7. The van der Waals surface area contributed by atoms with E-state index in [2.05, 4.69) is 5.32 Å². The molecule has 1 N–H and O–H groups in total. The Balaban J connectivity index is 1.98. The molecule has 21 heavy (non-hydrogen) atoms. The first kappa shape index (κ1) is 14.5. The Morgan fingerprint density at radius 2 is 1.76 bits per heavy atom. The van der Waals surface area contributed by atoms with Gasteiger partial charge < -0.3 is 5.32 Å². The van der Waals surface area contributed by atoms with Crippen LogP contribution in [0.15, 0.2) is 60.7 Å². The second kappa shape index (κ2) is 7.00. The van der Waals surface area contributed by atoms with Gasteiger partial charge in [0.15, 0.2) is 0 Å². The van der Waals surface area contributed by atoms with Gasteiger partial charge in [-0.05, 0) is 17.7 Å². The molecule has 0 heterocycles. The van der Waals surface area contributed by atoms with Gasteiger partial charge in [-0.25, -0.2) is 0 Å². The lowest BCUT2D eigenvalue weighted by atomic mass is 10.1. The van der Waals surface area contributed by atoms with E-state index < -0.39 is 4.92 Å². The normalized spacial score (nSPS) is 10.5. The molecule has 106 valence electrons. The number of nitro groups is 1. The number of benzene rings is 2. The van der Waals surface area contributed by atoms with Gasteiger partial charge in [-0.1, -0.05) is 42.5 Å². The monoisotopic (exact) mass is 282 g/mol. The van der Waals surface area contributed by atoms with E-state index in [9.17, 15) is 14.9 Å². The van der Waals surface area contributed by atoms with Gasteiger partial charge in [-0.3, -0.25) is 14.9 Å². The summed E-state index contributed by atoms with van der Waals surface area (Å²) in [5, 5.41) is 13.6. The van der Waals surface area contributed by atoms with E-state index in [1.807, 2.05) is 30.3 Å². The van der Waals surface area contributed by atoms with Gasteiger partial charge in [0.2, 0.25) is 5.91 Å². The average Bonchev–Trinajstić information content (AvgIpc) is 2.52. The molecule has 0 spiro atoms. The zero-order chi connectivity index (χ0) is 15.1. The minimum Gasteiger partial charge on any atom is -0.348 e. The molecule has 0 aliphatic heterocycles. The van der Waals surface area contributed by atoms with Gasteiger partial charge in [0.1, 0.15) is 0 Å². The van der Waals surface area contributed by atoms with Crippen molar-refractivity contribution in [2.75, 3.05) is 0 Å². The maximum absolute atomic E-state index is 11.7. The van der Waals surface area contributed by atoms with Crippen molar-refractivity contribution in [2.24, 2.45) is 0 Å².